The second-order valence-electron chi connectivity index (χ2n) is 9.02. The lowest BCUT2D eigenvalue weighted by molar-refractivity contribution is -0.126. The molecule has 2 aromatic heterocycles. The van der Waals surface area contributed by atoms with Crippen LogP contribution in [0.25, 0.3) is 10.2 Å². The van der Waals surface area contributed by atoms with Crippen LogP contribution in [0.5, 0.6) is 0 Å². The van der Waals surface area contributed by atoms with Crippen LogP contribution in [0.2, 0.25) is 5.02 Å². The summed E-state index contributed by atoms with van der Waals surface area (Å²) in [5, 5.41) is 7.78. The lowest BCUT2D eigenvalue weighted by atomic mass is 10.0. The Morgan fingerprint density at radius 3 is 3.09 bits per heavy atom. The largest absolute Gasteiger partial charge is 0.340 e. The predicted octanol–water partition coefficient (Wildman–Crippen LogP) is 3.71. The smallest absolute Gasteiger partial charge is 0.246 e. The van der Waals surface area contributed by atoms with E-state index in [4.69, 9.17) is 11.6 Å². The van der Waals surface area contributed by atoms with E-state index in [0.717, 1.165) is 41.1 Å². The van der Waals surface area contributed by atoms with Gasteiger partial charge in [0.15, 0.2) is 0 Å². The predicted molar refractivity (Wildman–Crippen MR) is 132 cm³/mol. The first-order valence-electron chi connectivity index (χ1n) is 11.5. The zero-order chi connectivity index (χ0) is 23.2. The van der Waals surface area contributed by atoms with Crippen LogP contribution in [-0.2, 0) is 17.8 Å². The molecule has 1 aromatic carbocycles. The van der Waals surface area contributed by atoms with Crippen molar-refractivity contribution in [3.05, 3.63) is 58.0 Å². The molecule has 0 radical (unpaired) electrons. The molecule has 5 heterocycles. The molecule has 0 saturated carbocycles. The maximum absolute atomic E-state index is 13.5. The summed E-state index contributed by atoms with van der Waals surface area (Å²) >= 11 is 7.53. The van der Waals surface area contributed by atoms with Gasteiger partial charge in [0, 0.05) is 54.9 Å². The van der Waals surface area contributed by atoms with Gasteiger partial charge in [0.05, 0.1) is 17.0 Å². The van der Waals surface area contributed by atoms with Gasteiger partial charge in [-0.2, -0.15) is 0 Å². The van der Waals surface area contributed by atoms with Crippen molar-refractivity contribution in [3.63, 3.8) is 0 Å². The summed E-state index contributed by atoms with van der Waals surface area (Å²) < 4.78 is 13.5. The number of rotatable bonds is 5. The van der Waals surface area contributed by atoms with E-state index < -0.39 is 5.82 Å². The van der Waals surface area contributed by atoms with Crippen molar-refractivity contribution in [1.29, 1.82) is 0 Å². The number of carbonyl (C=O) groups is 1. The first-order chi connectivity index (χ1) is 16.5. The normalized spacial score (nSPS) is 22.1. The van der Waals surface area contributed by atoms with E-state index >= 15 is 0 Å². The Labute approximate surface area is 205 Å². The number of nitrogens with one attached hydrogen (secondary N) is 2. The fraction of sp³-hybridized carbons (Fsp3) is 0.375. The zero-order valence-electron chi connectivity index (χ0n) is 18.4. The fourth-order valence-corrected chi connectivity index (χ4v) is 6.57. The van der Waals surface area contributed by atoms with Gasteiger partial charge in [0.1, 0.15) is 22.8 Å². The van der Waals surface area contributed by atoms with Gasteiger partial charge in [-0.1, -0.05) is 17.7 Å². The number of piperazine rings is 1. The molecular formula is C24H24ClFN6OS. The number of thiophene rings is 1. The Hall–Kier alpha value is -2.59. The van der Waals surface area contributed by atoms with Gasteiger partial charge in [0.25, 0.3) is 0 Å². The molecule has 2 unspecified atom stereocenters. The number of hydrogen-bond acceptors (Lipinski definition) is 7. The lowest BCUT2D eigenvalue weighted by Gasteiger charge is -2.27. The molecule has 2 bridgehead atoms. The molecule has 7 nitrogen and oxygen atoms in total. The van der Waals surface area contributed by atoms with Crippen LogP contribution in [0.3, 0.4) is 0 Å². The van der Waals surface area contributed by atoms with Crippen molar-refractivity contribution in [1.82, 2.24) is 25.1 Å². The molecule has 3 aliphatic rings. The summed E-state index contributed by atoms with van der Waals surface area (Å²) in [6.45, 7) is 4.17. The van der Waals surface area contributed by atoms with Crippen LogP contribution in [0.4, 0.5) is 15.9 Å². The molecule has 2 saturated heterocycles. The van der Waals surface area contributed by atoms with E-state index in [2.05, 4.69) is 25.5 Å². The molecule has 0 aliphatic carbocycles. The highest BCUT2D eigenvalue weighted by Gasteiger charge is 2.36. The van der Waals surface area contributed by atoms with Gasteiger partial charge in [-0.25, -0.2) is 14.4 Å². The highest BCUT2D eigenvalue weighted by atomic mass is 35.5. The SMILES string of the molecule is O=C(/C=C/CN1CC2CC1CN2)N1CCc2c(sc3ncnc(Nc4ccc(F)c(Cl)c4)c23)C1. The van der Waals surface area contributed by atoms with E-state index in [-0.39, 0.29) is 10.9 Å². The summed E-state index contributed by atoms with van der Waals surface area (Å²) in [7, 11) is 0. The second kappa shape index (κ2) is 8.88. The number of hydrogen-bond donors (Lipinski definition) is 2. The maximum Gasteiger partial charge on any atom is 0.246 e. The topological polar surface area (TPSA) is 73.4 Å². The van der Waals surface area contributed by atoms with Gasteiger partial charge in [-0.15, -0.1) is 11.3 Å². The first-order valence-corrected chi connectivity index (χ1v) is 12.6. The Bertz CT molecular complexity index is 1300. The molecule has 3 aliphatic heterocycles. The van der Waals surface area contributed by atoms with E-state index in [1.54, 1.807) is 29.5 Å². The molecule has 2 atom stereocenters. The van der Waals surface area contributed by atoms with Crippen LogP contribution >= 0.6 is 22.9 Å². The van der Waals surface area contributed by atoms with E-state index in [9.17, 15) is 9.18 Å². The number of amides is 1. The average Bonchev–Trinajstić information content (AvgIpc) is 3.55. The Balaban J connectivity index is 1.17. The minimum Gasteiger partial charge on any atom is -0.340 e. The van der Waals surface area contributed by atoms with Crippen LogP contribution in [-0.4, -0.2) is 63.9 Å². The van der Waals surface area contributed by atoms with Crippen LogP contribution in [0, 0.1) is 5.82 Å². The maximum atomic E-state index is 13.5. The van der Waals surface area contributed by atoms with E-state index in [1.807, 2.05) is 11.0 Å². The van der Waals surface area contributed by atoms with Gasteiger partial charge in [-0.3, -0.25) is 9.69 Å². The minimum absolute atomic E-state index is 0.0518. The van der Waals surface area contributed by atoms with E-state index in [0.29, 0.717) is 36.7 Å². The Morgan fingerprint density at radius 2 is 2.29 bits per heavy atom. The third-order valence-corrected chi connectivity index (χ3v) is 8.32. The summed E-state index contributed by atoms with van der Waals surface area (Å²) in [6, 6.07) is 5.72. The average molecular weight is 499 g/mol. The summed E-state index contributed by atoms with van der Waals surface area (Å²) in [6.07, 6.45) is 7.21. The van der Waals surface area contributed by atoms with Gasteiger partial charge >= 0.3 is 0 Å². The monoisotopic (exact) mass is 498 g/mol. The molecule has 3 aromatic rings. The van der Waals surface area contributed by atoms with Crippen LogP contribution in [0.1, 0.15) is 16.9 Å². The van der Waals surface area contributed by atoms with E-state index in [1.165, 1.54) is 24.4 Å². The summed E-state index contributed by atoms with van der Waals surface area (Å²) in [4.78, 5) is 28.1. The first kappa shape index (κ1) is 21.9. The highest BCUT2D eigenvalue weighted by Crippen LogP contribution is 2.38. The van der Waals surface area contributed by atoms with Crippen molar-refractivity contribution >= 4 is 50.6 Å². The summed E-state index contributed by atoms with van der Waals surface area (Å²) in [5.74, 6) is 0.256. The number of anilines is 2. The third-order valence-electron chi connectivity index (χ3n) is 6.90. The fourth-order valence-electron chi connectivity index (χ4n) is 5.19. The second-order valence-corrected chi connectivity index (χ2v) is 10.5. The molecule has 2 N–H and O–H groups in total. The molecular weight excluding hydrogens is 475 g/mol. The van der Waals surface area contributed by atoms with Crippen molar-refractivity contribution in [2.24, 2.45) is 0 Å². The van der Waals surface area contributed by atoms with Gasteiger partial charge in [0.2, 0.25) is 5.91 Å². The quantitative estimate of drug-likeness (QED) is 0.522. The molecule has 1 amide bonds. The lowest BCUT2D eigenvalue weighted by Crippen LogP contribution is -2.43. The number of nitrogens with zero attached hydrogens (tertiary/aromatic N) is 4. The number of aromatic nitrogens is 2. The minimum atomic E-state index is -0.462. The number of benzene rings is 1. The molecule has 2 fully saturated rings. The zero-order valence-corrected chi connectivity index (χ0v) is 20.0. The van der Waals surface area contributed by atoms with Crippen molar-refractivity contribution in [3.8, 4) is 0 Å². The van der Waals surface area contributed by atoms with Gasteiger partial charge in [-0.05, 0) is 36.6 Å². The van der Waals surface area contributed by atoms with Crippen molar-refractivity contribution < 1.29 is 9.18 Å². The molecule has 0 spiro atoms. The molecule has 10 heteroatoms. The highest BCUT2D eigenvalue weighted by molar-refractivity contribution is 7.19. The summed E-state index contributed by atoms with van der Waals surface area (Å²) in [5.41, 5.74) is 1.83. The molecule has 6 rings (SSSR count). The Morgan fingerprint density at radius 1 is 1.38 bits per heavy atom. The molecule has 176 valence electrons. The molecule has 34 heavy (non-hydrogen) atoms. The van der Waals surface area contributed by atoms with Crippen LogP contribution < -0.4 is 10.6 Å². The van der Waals surface area contributed by atoms with Gasteiger partial charge < -0.3 is 15.5 Å². The van der Waals surface area contributed by atoms with Crippen molar-refractivity contribution in [2.75, 3.05) is 31.5 Å². The number of likely N-dealkylation sites (tertiary alicyclic amines) is 1. The third kappa shape index (κ3) is 4.07. The number of halogens is 2. The number of fused-ring (bicyclic) bond motifs is 5. The number of carbonyl (C=O) groups excluding carboxylic acids is 1. The Kier molecular flexibility index (Phi) is 5.73. The standard InChI is InChI=1S/C24H24ClFN6OS/c25-18-9-14(3-4-19(18)26)30-23-22-17-5-7-32(12-20(17)34-24(22)29-13-28-23)21(33)2-1-6-31-11-15-8-16(31)10-27-15/h1-4,9,13,15-16,27H,5-8,10-12H2,(H,28,29,30)/b2-1+. The van der Waals surface area contributed by atoms with Crippen molar-refractivity contribution in [2.45, 2.75) is 31.5 Å². The van der Waals surface area contributed by atoms with Crippen LogP contribution in [0.15, 0.2) is 36.7 Å².